The summed E-state index contributed by atoms with van der Waals surface area (Å²) in [5.74, 6) is -0.311. The Morgan fingerprint density at radius 2 is 2.24 bits per heavy atom. The number of hydrogen-bond acceptors (Lipinski definition) is 4. The number of hydrogen-bond donors (Lipinski definition) is 3. The number of amides is 2. The molecule has 0 aromatic rings. The van der Waals surface area contributed by atoms with E-state index in [1.807, 2.05) is 13.2 Å². The highest BCUT2D eigenvalue weighted by atomic mass is 32.2. The van der Waals surface area contributed by atoms with Crippen molar-refractivity contribution in [2.45, 2.75) is 31.5 Å². The van der Waals surface area contributed by atoms with Gasteiger partial charge in [-0.25, -0.2) is 9.59 Å². The zero-order chi connectivity index (χ0) is 13.0. The van der Waals surface area contributed by atoms with E-state index in [2.05, 4.69) is 5.32 Å². The van der Waals surface area contributed by atoms with Crippen LogP contribution in [-0.4, -0.2) is 63.9 Å². The van der Waals surface area contributed by atoms with E-state index >= 15 is 0 Å². The average Bonchev–Trinajstić information content (AvgIpc) is 2.60. The van der Waals surface area contributed by atoms with Gasteiger partial charge in [0.05, 0.1) is 6.10 Å². The van der Waals surface area contributed by atoms with Crippen LogP contribution in [0.15, 0.2) is 0 Å². The van der Waals surface area contributed by atoms with Crippen LogP contribution in [0.5, 0.6) is 0 Å². The number of aliphatic carboxylic acids is 1. The minimum atomic E-state index is -1.07. The highest BCUT2D eigenvalue weighted by Gasteiger charge is 2.39. The maximum Gasteiger partial charge on any atom is 0.326 e. The maximum absolute atomic E-state index is 11.8. The summed E-state index contributed by atoms with van der Waals surface area (Å²) in [6.45, 7) is 1.94. The Morgan fingerprint density at radius 3 is 2.76 bits per heavy atom. The summed E-state index contributed by atoms with van der Waals surface area (Å²) >= 11 is 1.60. The van der Waals surface area contributed by atoms with Crippen molar-refractivity contribution in [1.29, 1.82) is 0 Å². The number of aliphatic hydroxyl groups excluding tert-OH is 1. The molecule has 0 spiro atoms. The summed E-state index contributed by atoms with van der Waals surface area (Å²) < 4.78 is 0. The van der Waals surface area contributed by atoms with Crippen molar-refractivity contribution in [3.63, 3.8) is 0 Å². The van der Waals surface area contributed by atoms with Gasteiger partial charge in [0.2, 0.25) is 0 Å². The molecule has 3 N–H and O–H groups in total. The van der Waals surface area contributed by atoms with Crippen LogP contribution >= 0.6 is 11.8 Å². The van der Waals surface area contributed by atoms with E-state index in [0.29, 0.717) is 0 Å². The highest BCUT2D eigenvalue weighted by molar-refractivity contribution is 7.98. The quantitative estimate of drug-likeness (QED) is 0.662. The number of rotatable bonds is 4. The zero-order valence-electron chi connectivity index (χ0n) is 9.92. The Morgan fingerprint density at radius 1 is 1.59 bits per heavy atom. The lowest BCUT2D eigenvalue weighted by atomic mass is 10.2. The van der Waals surface area contributed by atoms with E-state index in [-0.39, 0.29) is 19.0 Å². The number of carbonyl (C=O) groups excluding carboxylic acids is 1. The van der Waals surface area contributed by atoms with E-state index in [0.717, 1.165) is 5.75 Å². The Labute approximate surface area is 104 Å². The van der Waals surface area contributed by atoms with Gasteiger partial charge in [-0.15, -0.1) is 0 Å². The molecule has 1 aliphatic heterocycles. The van der Waals surface area contributed by atoms with Crippen molar-refractivity contribution in [3.05, 3.63) is 0 Å². The summed E-state index contributed by atoms with van der Waals surface area (Å²) in [5, 5.41) is 21.1. The predicted octanol–water partition coefficient (Wildman–Crippen LogP) is -0.0327. The molecular formula is C10H18N2O4S. The molecule has 1 saturated heterocycles. The van der Waals surface area contributed by atoms with Gasteiger partial charge in [0, 0.05) is 24.8 Å². The van der Waals surface area contributed by atoms with Crippen LogP contribution < -0.4 is 5.32 Å². The molecule has 6 nitrogen and oxygen atoms in total. The van der Waals surface area contributed by atoms with Gasteiger partial charge in [0.15, 0.2) is 0 Å². The third kappa shape index (κ3) is 3.78. The number of urea groups is 1. The molecule has 1 heterocycles. The van der Waals surface area contributed by atoms with E-state index in [1.165, 1.54) is 4.90 Å². The number of thioether (sulfide) groups is 1. The largest absolute Gasteiger partial charge is 0.480 e. The fourth-order valence-electron chi connectivity index (χ4n) is 1.86. The van der Waals surface area contributed by atoms with Gasteiger partial charge in [-0.05, 0) is 13.2 Å². The van der Waals surface area contributed by atoms with Crippen molar-refractivity contribution in [3.8, 4) is 0 Å². The molecule has 0 aliphatic carbocycles. The molecule has 1 aliphatic rings. The van der Waals surface area contributed by atoms with Crippen molar-refractivity contribution in [2.24, 2.45) is 0 Å². The summed E-state index contributed by atoms with van der Waals surface area (Å²) in [4.78, 5) is 23.9. The number of carbonyl (C=O) groups is 2. The number of carboxylic acids is 1. The van der Waals surface area contributed by atoms with Crippen LogP contribution in [0, 0.1) is 0 Å². The van der Waals surface area contributed by atoms with Crippen LogP contribution in [0.4, 0.5) is 4.79 Å². The number of carboxylic acid groups (broad SMARTS) is 1. The molecule has 3 atom stereocenters. The lowest BCUT2D eigenvalue weighted by Gasteiger charge is -2.23. The number of likely N-dealkylation sites (tertiary alicyclic amines) is 1. The first-order valence-corrected chi connectivity index (χ1v) is 6.82. The minimum Gasteiger partial charge on any atom is -0.480 e. The Bertz CT molecular complexity index is 300. The summed E-state index contributed by atoms with van der Waals surface area (Å²) in [5.41, 5.74) is 0. The Hall–Kier alpha value is -0.950. The monoisotopic (exact) mass is 262 g/mol. The molecule has 2 amide bonds. The van der Waals surface area contributed by atoms with Crippen molar-refractivity contribution in [2.75, 3.05) is 18.6 Å². The van der Waals surface area contributed by atoms with Gasteiger partial charge in [0.1, 0.15) is 6.04 Å². The molecule has 0 aromatic heterocycles. The van der Waals surface area contributed by atoms with Crippen LogP contribution in [0.2, 0.25) is 0 Å². The SMILES string of the molecule is CSCC(C)NC(=O)N1CC(O)C[C@H]1C(=O)O. The van der Waals surface area contributed by atoms with Crippen molar-refractivity contribution >= 4 is 23.8 Å². The molecule has 0 bridgehead atoms. The summed E-state index contributed by atoms with van der Waals surface area (Å²) in [6.07, 6.45) is 1.28. The van der Waals surface area contributed by atoms with Gasteiger partial charge < -0.3 is 20.4 Å². The number of nitrogens with zero attached hydrogens (tertiary/aromatic N) is 1. The minimum absolute atomic E-state index is 0.0234. The maximum atomic E-state index is 11.8. The van der Waals surface area contributed by atoms with Crippen LogP contribution in [0.3, 0.4) is 0 Å². The Kier molecular flexibility index (Phi) is 5.07. The molecule has 0 saturated carbocycles. The molecule has 0 radical (unpaired) electrons. The average molecular weight is 262 g/mol. The van der Waals surface area contributed by atoms with Crippen molar-refractivity contribution in [1.82, 2.24) is 10.2 Å². The second-order valence-corrected chi connectivity index (χ2v) is 5.11. The number of β-amino-alcohol motifs (C(OH)–C–C–N with tert-alkyl or cyclic N) is 1. The molecule has 1 fully saturated rings. The lowest BCUT2D eigenvalue weighted by molar-refractivity contribution is -0.141. The Balaban J connectivity index is 2.58. The first-order valence-electron chi connectivity index (χ1n) is 5.42. The molecular weight excluding hydrogens is 244 g/mol. The fraction of sp³-hybridized carbons (Fsp3) is 0.800. The van der Waals surface area contributed by atoms with Gasteiger partial charge in [-0.3, -0.25) is 0 Å². The normalized spacial score (nSPS) is 25.7. The highest BCUT2D eigenvalue weighted by Crippen LogP contribution is 2.18. The fourth-order valence-corrected chi connectivity index (χ4v) is 2.44. The summed E-state index contributed by atoms with van der Waals surface area (Å²) in [6, 6.07) is -1.37. The molecule has 17 heavy (non-hydrogen) atoms. The zero-order valence-corrected chi connectivity index (χ0v) is 10.7. The third-order valence-corrected chi connectivity index (χ3v) is 3.44. The lowest BCUT2D eigenvalue weighted by Crippen LogP contribution is -2.49. The van der Waals surface area contributed by atoms with Gasteiger partial charge >= 0.3 is 12.0 Å². The van der Waals surface area contributed by atoms with Crippen LogP contribution in [0.1, 0.15) is 13.3 Å². The van der Waals surface area contributed by atoms with Gasteiger partial charge in [0.25, 0.3) is 0 Å². The summed E-state index contributed by atoms with van der Waals surface area (Å²) in [7, 11) is 0. The van der Waals surface area contributed by atoms with Crippen LogP contribution in [-0.2, 0) is 4.79 Å². The first-order chi connectivity index (χ1) is 7.95. The molecule has 1 rings (SSSR count). The number of aliphatic hydroxyl groups is 1. The van der Waals surface area contributed by atoms with E-state index in [9.17, 15) is 14.7 Å². The number of nitrogens with one attached hydrogen (secondary N) is 1. The van der Waals surface area contributed by atoms with Crippen LogP contribution in [0.25, 0.3) is 0 Å². The topological polar surface area (TPSA) is 89.9 Å². The van der Waals surface area contributed by atoms with E-state index in [4.69, 9.17) is 5.11 Å². The van der Waals surface area contributed by atoms with E-state index in [1.54, 1.807) is 11.8 Å². The predicted molar refractivity (Wildman–Crippen MR) is 65.1 cm³/mol. The third-order valence-electron chi connectivity index (χ3n) is 2.61. The van der Waals surface area contributed by atoms with Gasteiger partial charge in [-0.2, -0.15) is 11.8 Å². The second-order valence-electron chi connectivity index (χ2n) is 4.20. The standard InChI is InChI=1S/C10H18N2O4S/c1-6(5-17-2)11-10(16)12-4-7(13)3-8(12)9(14)15/h6-8,13H,3-5H2,1-2H3,(H,11,16)(H,14,15)/t6?,7?,8-/m0/s1. The van der Waals surface area contributed by atoms with Crippen molar-refractivity contribution < 1.29 is 19.8 Å². The molecule has 7 heteroatoms. The van der Waals surface area contributed by atoms with E-state index < -0.39 is 24.1 Å². The molecule has 98 valence electrons. The first kappa shape index (κ1) is 14.1. The molecule has 2 unspecified atom stereocenters. The van der Waals surface area contributed by atoms with Gasteiger partial charge in [-0.1, -0.05) is 0 Å². The second kappa shape index (κ2) is 6.11. The molecule has 0 aromatic carbocycles. The smallest absolute Gasteiger partial charge is 0.326 e.